The van der Waals surface area contributed by atoms with Gasteiger partial charge < -0.3 is 46.2 Å². The smallest absolute Gasteiger partial charge is 0.246 e. The highest BCUT2D eigenvalue weighted by atomic mass is 16.5. The molecule has 0 saturated carbocycles. The van der Waals surface area contributed by atoms with Gasteiger partial charge in [-0.25, -0.2) is 0 Å². The number of carbonyl (C=O) groups is 1. The Morgan fingerprint density at radius 3 is 1.60 bits per heavy atom. The van der Waals surface area contributed by atoms with E-state index in [1.165, 1.54) is 0 Å². The summed E-state index contributed by atoms with van der Waals surface area (Å²) in [5.74, 6) is -0.266. The lowest BCUT2D eigenvalue weighted by Gasteiger charge is -2.34. The fourth-order valence-corrected chi connectivity index (χ4v) is 2.45. The predicted octanol–water partition coefficient (Wildman–Crippen LogP) is -0.619. The van der Waals surface area contributed by atoms with Crippen molar-refractivity contribution in [3.8, 4) is 0 Å². The van der Waals surface area contributed by atoms with Crippen LogP contribution in [0.15, 0.2) is 0 Å². The van der Waals surface area contributed by atoms with Crippen molar-refractivity contribution in [1.29, 1.82) is 0 Å². The van der Waals surface area contributed by atoms with Gasteiger partial charge in [0, 0.05) is 26.4 Å². The third-order valence-corrected chi connectivity index (χ3v) is 3.97. The van der Waals surface area contributed by atoms with Crippen molar-refractivity contribution in [2.45, 2.75) is 38.1 Å². The molecule has 10 nitrogen and oxygen atoms in total. The van der Waals surface area contributed by atoms with Gasteiger partial charge in [0.2, 0.25) is 5.91 Å². The molecule has 0 fully saturated rings. The monoisotopic (exact) mass is 436 g/mol. The third-order valence-electron chi connectivity index (χ3n) is 3.97. The normalized spacial score (nSPS) is 11.7. The van der Waals surface area contributed by atoms with Crippen LogP contribution in [0, 0.1) is 0 Å². The summed E-state index contributed by atoms with van der Waals surface area (Å²) >= 11 is 0. The minimum atomic E-state index is -0.836. The fraction of sp³-hybridized carbons (Fsp3) is 0.950. The second-order valence-electron chi connectivity index (χ2n) is 7.08. The first-order valence-corrected chi connectivity index (χ1v) is 10.9. The molecule has 10 heteroatoms. The Labute approximate surface area is 181 Å². The summed E-state index contributed by atoms with van der Waals surface area (Å²) in [6.07, 6.45) is 3.13. The summed E-state index contributed by atoms with van der Waals surface area (Å²) in [7, 11) is 0. The number of carbonyl (C=O) groups excluding carboxylic acids is 1. The van der Waals surface area contributed by atoms with Gasteiger partial charge in [0.25, 0.3) is 0 Å². The van der Waals surface area contributed by atoms with Crippen LogP contribution < -0.4 is 22.5 Å². The molecule has 0 atom stereocenters. The minimum Gasteiger partial charge on any atom is -0.379 e. The molecular weight excluding hydrogens is 392 g/mol. The van der Waals surface area contributed by atoms with Crippen LogP contribution in [0.5, 0.6) is 0 Å². The van der Waals surface area contributed by atoms with Gasteiger partial charge in [0.1, 0.15) is 12.1 Å². The van der Waals surface area contributed by atoms with Gasteiger partial charge in [-0.15, -0.1) is 0 Å². The summed E-state index contributed by atoms with van der Waals surface area (Å²) in [5.41, 5.74) is 15.8. The second-order valence-corrected chi connectivity index (χ2v) is 7.08. The molecule has 0 aromatic heterocycles. The van der Waals surface area contributed by atoms with E-state index >= 15 is 0 Å². The Bertz CT molecular complexity index is 359. The topological polar surface area (TPSA) is 153 Å². The maximum Gasteiger partial charge on any atom is 0.246 e. The molecule has 0 radical (unpaired) electrons. The number of rotatable bonds is 23. The number of amides is 1. The second kappa shape index (κ2) is 21.4. The van der Waals surface area contributed by atoms with Crippen molar-refractivity contribution >= 4 is 5.91 Å². The largest absolute Gasteiger partial charge is 0.379 e. The van der Waals surface area contributed by atoms with E-state index in [2.05, 4.69) is 5.32 Å². The number of nitrogens with two attached hydrogens (primary N) is 3. The number of ether oxygens (including phenoxy) is 5. The van der Waals surface area contributed by atoms with E-state index in [9.17, 15) is 4.79 Å². The van der Waals surface area contributed by atoms with Gasteiger partial charge in [-0.2, -0.15) is 0 Å². The molecule has 0 unspecified atom stereocenters. The van der Waals surface area contributed by atoms with E-state index in [1.54, 1.807) is 0 Å². The molecule has 0 saturated heterocycles. The molecule has 1 amide bonds. The molecule has 30 heavy (non-hydrogen) atoms. The lowest BCUT2D eigenvalue weighted by molar-refractivity contribution is -0.132. The Hall–Kier alpha value is -0.850. The Morgan fingerprint density at radius 1 is 0.700 bits per heavy atom. The third kappa shape index (κ3) is 16.9. The van der Waals surface area contributed by atoms with Gasteiger partial charge >= 0.3 is 0 Å². The van der Waals surface area contributed by atoms with E-state index in [0.29, 0.717) is 59.3 Å². The molecule has 0 bridgehead atoms. The lowest BCUT2D eigenvalue weighted by atomic mass is 10.0. The molecule has 0 heterocycles. The Morgan fingerprint density at radius 2 is 1.17 bits per heavy atom. The van der Waals surface area contributed by atoms with Crippen molar-refractivity contribution in [3.05, 3.63) is 0 Å². The summed E-state index contributed by atoms with van der Waals surface area (Å²) in [5, 5.41) is 2.99. The number of hydrogen-bond acceptors (Lipinski definition) is 9. The Kier molecular flexibility index (Phi) is 20.8. The van der Waals surface area contributed by atoms with E-state index in [1.807, 2.05) is 6.92 Å². The van der Waals surface area contributed by atoms with Crippen LogP contribution in [-0.4, -0.2) is 97.1 Å². The summed E-state index contributed by atoms with van der Waals surface area (Å²) < 4.78 is 28.0. The lowest BCUT2D eigenvalue weighted by Crippen LogP contribution is -2.59. The van der Waals surface area contributed by atoms with Crippen molar-refractivity contribution in [2.75, 3.05) is 85.7 Å². The molecule has 7 N–H and O–H groups in total. The van der Waals surface area contributed by atoms with E-state index in [0.717, 1.165) is 25.7 Å². The van der Waals surface area contributed by atoms with Gasteiger partial charge in [-0.3, -0.25) is 4.79 Å². The first kappa shape index (κ1) is 29.1. The molecule has 0 aromatic carbocycles. The van der Waals surface area contributed by atoms with E-state index < -0.39 is 5.54 Å². The minimum absolute atomic E-state index is 0.0777. The standard InChI is InChI=1S/C20H44N4O6/c1-2-9-26-13-14-27-15-19(25)24-20(16-28-10-3-6-21,17-29-11-4-7-22)18-30-12-5-8-23/h2-18,21-23H2,1H3,(H,24,25). The van der Waals surface area contributed by atoms with E-state index in [4.69, 9.17) is 40.9 Å². The average molecular weight is 437 g/mol. The molecule has 0 aromatic rings. The quantitative estimate of drug-likeness (QED) is 0.153. The summed E-state index contributed by atoms with van der Waals surface area (Å²) in [6, 6.07) is 0. The van der Waals surface area contributed by atoms with Crippen LogP contribution in [-0.2, 0) is 28.5 Å². The van der Waals surface area contributed by atoms with Gasteiger partial charge in [-0.1, -0.05) is 6.92 Å². The maximum atomic E-state index is 12.5. The molecule has 0 aliphatic carbocycles. The fourth-order valence-electron chi connectivity index (χ4n) is 2.45. The molecule has 0 aliphatic heterocycles. The van der Waals surface area contributed by atoms with Crippen molar-refractivity contribution < 1.29 is 28.5 Å². The van der Waals surface area contributed by atoms with Crippen LogP contribution in [0.3, 0.4) is 0 Å². The van der Waals surface area contributed by atoms with Crippen molar-refractivity contribution in [2.24, 2.45) is 17.2 Å². The maximum absolute atomic E-state index is 12.5. The zero-order chi connectivity index (χ0) is 22.3. The van der Waals surface area contributed by atoms with Crippen molar-refractivity contribution in [1.82, 2.24) is 5.32 Å². The van der Waals surface area contributed by atoms with E-state index in [-0.39, 0.29) is 32.3 Å². The zero-order valence-electron chi connectivity index (χ0n) is 18.7. The molecule has 0 aliphatic rings. The highest BCUT2D eigenvalue weighted by Gasteiger charge is 2.33. The van der Waals surface area contributed by atoms with Gasteiger partial charge in [-0.05, 0) is 45.3 Å². The SMILES string of the molecule is CCCOCCOCC(=O)NC(COCCCN)(COCCCN)COCCCN. The molecular formula is C20H44N4O6. The Balaban J connectivity index is 4.79. The van der Waals surface area contributed by atoms with Crippen LogP contribution in [0.25, 0.3) is 0 Å². The highest BCUT2D eigenvalue weighted by Crippen LogP contribution is 2.10. The van der Waals surface area contributed by atoms with Crippen LogP contribution in [0.2, 0.25) is 0 Å². The van der Waals surface area contributed by atoms with Gasteiger partial charge in [0.05, 0.1) is 33.0 Å². The van der Waals surface area contributed by atoms with Crippen molar-refractivity contribution in [3.63, 3.8) is 0 Å². The summed E-state index contributed by atoms with van der Waals surface area (Å²) in [6.45, 7) is 7.25. The molecule has 180 valence electrons. The first-order valence-electron chi connectivity index (χ1n) is 10.9. The zero-order valence-corrected chi connectivity index (χ0v) is 18.7. The molecule has 0 spiro atoms. The number of hydrogen-bond donors (Lipinski definition) is 4. The predicted molar refractivity (Wildman–Crippen MR) is 116 cm³/mol. The van der Waals surface area contributed by atoms with Crippen LogP contribution >= 0.6 is 0 Å². The van der Waals surface area contributed by atoms with Gasteiger partial charge in [0.15, 0.2) is 0 Å². The highest BCUT2D eigenvalue weighted by molar-refractivity contribution is 5.78. The van der Waals surface area contributed by atoms with Crippen LogP contribution in [0.4, 0.5) is 0 Å². The average Bonchev–Trinajstić information content (AvgIpc) is 2.74. The molecule has 0 rings (SSSR count). The summed E-state index contributed by atoms with van der Waals surface area (Å²) in [4.78, 5) is 12.5. The van der Waals surface area contributed by atoms with Crippen LogP contribution in [0.1, 0.15) is 32.6 Å². The number of nitrogens with one attached hydrogen (secondary N) is 1. The first-order chi connectivity index (χ1) is 14.6.